The van der Waals surface area contributed by atoms with Crippen LogP contribution in [0, 0.1) is 32.6 Å². The largest absolute Gasteiger partial charge is 0.325 e. The van der Waals surface area contributed by atoms with E-state index >= 15 is 0 Å². The summed E-state index contributed by atoms with van der Waals surface area (Å²) in [6.45, 7) is 14.6. The Kier molecular flexibility index (Phi) is 8.45. The van der Waals surface area contributed by atoms with Crippen LogP contribution in [0.2, 0.25) is 0 Å². The van der Waals surface area contributed by atoms with Crippen LogP contribution in [0.5, 0.6) is 0 Å². The van der Waals surface area contributed by atoms with Gasteiger partial charge >= 0.3 is 0 Å². The molecule has 4 nitrogen and oxygen atoms in total. The van der Waals surface area contributed by atoms with Gasteiger partial charge in [-0.2, -0.15) is 30.3 Å². The van der Waals surface area contributed by atoms with E-state index in [2.05, 4.69) is 205 Å². The Bertz CT molecular complexity index is 2750. The number of pyridine rings is 1. The fourth-order valence-corrected chi connectivity index (χ4v) is 9.51. The number of rotatable bonds is 6. The molecule has 1 fully saturated rings. The van der Waals surface area contributed by atoms with E-state index in [1.165, 1.54) is 44.6 Å². The van der Waals surface area contributed by atoms with E-state index in [0.717, 1.165) is 50.2 Å². The van der Waals surface area contributed by atoms with Crippen molar-refractivity contribution in [2.24, 2.45) is 0 Å². The fraction of sp³-hybridized carbons (Fsp3) is 0.176. The van der Waals surface area contributed by atoms with E-state index < -0.39 is 5.41 Å². The maximum absolute atomic E-state index is 5.00. The maximum Gasteiger partial charge on any atom is 0.179 e. The summed E-state index contributed by atoms with van der Waals surface area (Å²) in [4.78, 5) is 5.00. The molecule has 3 aliphatic rings. The van der Waals surface area contributed by atoms with Gasteiger partial charge in [-0.1, -0.05) is 105 Å². The Balaban J connectivity index is 0.00000410. The number of hydrogen-bond donors (Lipinski definition) is 0. The minimum Gasteiger partial charge on any atom is -0.325 e. The van der Waals surface area contributed by atoms with Crippen LogP contribution in [0.4, 0.5) is 17.1 Å². The molecule has 1 saturated heterocycles. The smallest absolute Gasteiger partial charge is 0.179 e. The number of para-hydroxylation sites is 1. The van der Waals surface area contributed by atoms with E-state index in [4.69, 9.17) is 4.98 Å². The Morgan fingerprint density at radius 2 is 1.27 bits per heavy atom. The molecule has 56 heavy (non-hydrogen) atoms. The normalized spacial score (nSPS) is 18.8. The van der Waals surface area contributed by atoms with E-state index in [1.807, 2.05) is 6.20 Å². The zero-order valence-electron chi connectivity index (χ0n) is 32.7. The zero-order chi connectivity index (χ0) is 37.7. The number of fused-ring (bicyclic) bond motifs is 3. The van der Waals surface area contributed by atoms with Gasteiger partial charge in [0, 0.05) is 56.0 Å². The van der Waals surface area contributed by atoms with Crippen LogP contribution in [-0.2, 0) is 31.9 Å². The van der Waals surface area contributed by atoms with Crippen LogP contribution in [0.1, 0.15) is 59.7 Å². The molecule has 6 aromatic carbocycles. The molecule has 0 saturated carbocycles. The second-order valence-electron chi connectivity index (χ2n) is 16.9. The number of quaternary nitrogens is 2. The number of nitrogens with zero attached hydrogens (tertiary/aromatic N) is 4. The maximum atomic E-state index is 5.00. The first-order valence-electron chi connectivity index (χ1n) is 19.3. The summed E-state index contributed by atoms with van der Waals surface area (Å²) in [6, 6.07) is 59.4. The van der Waals surface area contributed by atoms with Crippen LogP contribution in [0.15, 0.2) is 146 Å². The van der Waals surface area contributed by atoms with E-state index in [0.29, 0.717) is 4.48 Å². The summed E-state index contributed by atoms with van der Waals surface area (Å²) in [5.74, 6) is 0.897. The van der Waals surface area contributed by atoms with Gasteiger partial charge in [0.2, 0.25) is 0 Å². The van der Waals surface area contributed by atoms with Crippen molar-refractivity contribution < 1.29 is 21.1 Å². The summed E-state index contributed by atoms with van der Waals surface area (Å²) in [5.41, 5.74) is 13.7. The number of benzene rings is 6. The fourth-order valence-electron chi connectivity index (χ4n) is 9.51. The van der Waals surface area contributed by atoms with Crippen molar-refractivity contribution in [1.29, 1.82) is 0 Å². The predicted molar refractivity (Wildman–Crippen MR) is 228 cm³/mol. The number of aromatic nitrogens is 2. The van der Waals surface area contributed by atoms with Gasteiger partial charge in [-0.3, -0.25) is 0 Å². The first-order valence-corrected chi connectivity index (χ1v) is 19.3. The van der Waals surface area contributed by atoms with E-state index in [1.54, 1.807) is 0 Å². The van der Waals surface area contributed by atoms with Gasteiger partial charge in [-0.25, -0.2) is 4.98 Å². The van der Waals surface area contributed by atoms with Crippen LogP contribution in [0.25, 0.3) is 27.6 Å². The average Bonchev–Trinajstić information content (AvgIpc) is 3.74. The summed E-state index contributed by atoms with van der Waals surface area (Å²) < 4.78 is 3.83. The van der Waals surface area contributed by atoms with Crippen molar-refractivity contribution in [2.75, 3.05) is 13.7 Å². The third-order valence-corrected chi connectivity index (χ3v) is 12.4. The summed E-state index contributed by atoms with van der Waals surface area (Å²) in [5, 5.41) is 2.34. The molecule has 2 atom stereocenters. The van der Waals surface area contributed by atoms with Gasteiger partial charge in [0.1, 0.15) is 5.82 Å². The van der Waals surface area contributed by atoms with Crippen molar-refractivity contribution in [3.8, 4) is 5.82 Å². The van der Waals surface area contributed by atoms with Crippen molar-refractivity contribution in [3.05, 3.63) is 203 Å². The van der Waals surface area contributed by atoms with E-state index in [9.17, 15) is 0 Å². The molecule has 0 amide bonds. The second-order valence-corrected chi connectivity index (χ2v) is 16.9. The van der Waals surface area contributed by atoms with Crippen molar-refractivity contribution in [3.63, 3.8) is 0 Å². The zero-order valence-corrected chi connectivity index (χ0v) is 35.0. The molecule has 3 aliphatic heterocycles. The Morgan fingerprint density at radius 3 is 1.95 bits per heavy atom. The monoisotopic (exact) mass is 908 g/mol. The summed E-state index contributed by atoms with van der Waals surface area (Å²) >= 11 is 0. The first kappa shape index (κ1) is 36.5. The van der Waals surface area contributed by atoms with Crippen LogP contribution < -0.4 is 8.97 Å². The topological polar surface area (TPSA) is 17.8 Å². The third kappa shape index (κ3) is 5.19. The van der Waals surface area contributed by atoms with Crippen LogP contribution >= 0.6 is 0 Å². The van der Waals surface area contributed by atoms with Gasteiger partial charge in [-0.15, -0.1) is 28.6 Å². The molecule has 0 aliphatic carbocycles. The molecular formula is C51H45N4Pt-. The Morgan fingerprint density at radius 1 is 0.643 bits per heavy atom. The molecule has 0 N–H and O–H groups in total. The third-order valence-electron chi connectivity index (χ3n) is 12.4. The van der Waals surface area contributed by atoms with Crippen molar-refractivity contribution in [1.82, 2.24) is 18.5 Å². The minimum atomic E-state index is -0.734. The van der Waals surface area contributed by atoms with Crippen molar-refractivity contribution in [2.45, 2.75) is 45.4 Å². The summed E-state index contributed by atoms with van der Waals surface area (Å²) in [6.07, 6.45) is 1.95. The molecular weight excluding hydrogens is 864 g/mol. The minimum absolute atomic E-state index is 0. The molecule has 0 spiro atoms. The van der Waals surface area contributed by atoms with Crippen LogP contribution in [0.3, 0.4) is 0 Å². The summed E-state index contributed by atoms with van der Waals surface area (Å²) in [7, 11) is 2.33. The van der Waals surface area contributed by atoms with Crippen LogP contribution in [-0.4, -0.2) is 23.3 Å². The first-order chi connectivity index (χ1) is 26.5. The Labute approximate surface area is 345 Å². The van der Waals surface area contributed by atoms with Gasteiger partial charge in [0.15, 0.2) is 18.0 Å². The second kappa shape index (κ2) is 13.0. The molecule has 2 aromatic heterocycles. The molecule has 280 valence electrons. The van der Waals surface area contributed by atoms with Gasteiger partial charge in [-0.05, 0) is 70.7 Å². The SMILES string of the molecule is Cc1cc2c(cc1C)[N@@+]1(C)[CH-][N@+]2(c2[c-]c(C(c3[c-]c4c(cc3)c3ccccc3n4-c3cc(C(C)(C)C)ccn3)(c3ccccc3)c3ccccc3)ccc2)C1.[Pt]. The van der Waals surface area contributed by atoms with E-state index in [-0.39, 0.29) is 26.5 Å². The number of hydrogen-bond acceptors (Lipinski definition) is 1. The van der Waals surface area contributed by atoms with Gasteiger partial charge < -0.3 is 13.5 Å². The van der Waals surface area contributed by atoms with Gasteiger partial charge in [0.05, 0.1) is 13.7 Å². The molecule has 5 heteroatoms. The molecule has 11 rings (SSSR count). The molecule has 5 heterocycles. The number of aryl methyl sites for hydroxylation is 2. The molecule has 0 unspecified atom stereocenters. The molecule has 0 radical (unpaired) electrons. The van der Waals surface area contributed by atoms with Gasteiger partial charge in [0.25, 0.3) is 0 Å². The molecule has 8 aromatic rings. The Hall–Kier alpha value is -5.12. The predicted octanol–water partition coefficient (Wildman–Crippen LogP) is 11.8. The van der Waals surface area contributed by atoms with Crippen molar-refractivity contribution >= 4 is 38.9 Å². The average molecular weight is 909 g/mol. The standard InChI is InChI=1S/C51H45N4.Pt/c1-35-28-47-48(29-36(35)2)55(33-54(47,6)34-55)42-21-15-20-40(30-42)51(37-16-9-7-10-17-37,38-18-11-8-12-19-38)41-24-25-44-43-22-13-14-23-45(43)53(46(44)31-41)49-32-39(26-27-52-49)50(3,4)5;/h7-29,32-33H,34H2,1-6H3;/q-1;/t54-,55+;/m0./s1. The quantitative estimate of drug-likeness (QED) is 0.0923. The molecule has 2 bridgehead atoms.